The Morgan fingerprint density at radius 2 is 1.62 bits per heavy atom. The Morgan fingerprint density at radius 1 is 0.929 bits per heavy atom. The lowest BCUT2D eigenvalue weighted by Crippen LogP contribution is -2.59. The summed E-state index contributed by atoms with van der Waals surface area (Å²) < 4.78 is 6.81. The van der Waals surface area contributed by atoms with Gasteiger partial charge in [0.25, 0.3) is 5.91 Å². The molecule has 4 aliphatic heterocycles. The van der Waals surface area contributed by atoms with E-state index in [-0.39, 0.29) is 30.2 Å². The lowest BCUT2D eigenvalue weighted by atomic mass is 9.77. The third-order valence-electron chi connectivity index (χ3n) is 9.72. The second-order valence-corrected chi connectivity index (χ2v) is 12.0. The number of likely N-dealkylation sites (tertiary alicyclic amines) is 1. The molecule has 0 aromatic heterocycles. The summed E-state index contributed by atoms with van der Waals surface area (Å²) in [4.78, 5) is 48.8. The lowest BCUT2D eigenvalue weighted by Gasteiger charge is -2.40. The summed E-state index contributed by atoms with van der Waals surface area (Å²) in [5, 5.41) is 10.6. The van der Waals surface area contributed by atoms with Crippen LogP contribution in [-0.2, 0) is 19.1 Å². The molecule has 0 aliphatic carbocycles. The molecule has 0 bridgehead atoms. The minimum atomic E-state index is -1.35. The zero-order chi connectivity index (χ0) is 29.8. The number of aliphatic hydroxyl groups is 1. The maximum Gasteiger partial charge on any atom is 0.253 e. The number of anilines is 2. The van der Waals surface area contributed by atoms with Crippen molar-refractivity contribution in [3.05, 3.63) is 84.0 Å². The minimum absolute atomic E-state index is 0.0788. The molecule has 0 saturated carbocycles. The molecule has 8 heteroatoms. The van der Waals surface area contributed by atoms with Gasteiger partial charge < -0.3 is 24.5 Å². The Bertz CT molecular complexity index is 1430. The summed E-state index contributed by atoms with van der Waals surface area (Å²) in [6, 6.07) is 13.7. The van der Waals surface area contributed by atoms with Crippen molar-refractivity contribution in [1.82, 2.24) is 4.90 Å². The highest BCUT2D eigenvalue weighted by molar-refractivity contribution is 6.08. The highest BCUT2D eigenvalue weighted by atomic mass is 16.5. The monoisotopic (exact) mass is 569 g/mol. The Morgan fingerprint density at radius 3 is 2.29 bits per heavy atom. The first-order valence-electron chi connectivity index (χ1n) is 14.9. The normalized spacial score (nSPS) is 30.1. The predicted molar refractivity (Wildman–Crippen MR) is 161 cm³/mol. The number of nitrogens with zero attached hydrogens (tertiary/aromatic N) is 3. The van der Waals surface area contributed by atoms with Gasteiger partial charge in [-0.25, -0.2) is 0 Å². The first-order valence-corrected chi connectivity index (χ1v) is 14.9. The molecule has 6 rings (SSSR count). The first-order chi connectivity index (χ1) is 20.2. The number of para-hydroxylation sites is 2. The second kappa shape index (κ2) is 10.8. The summed E-state index contributed by atoms with van der Waals surface area (Å²) in [6.45, 7) is 8.31. The van der Waals surface area contributed by atoms with Gasteiger partial charge in [-0.3, -0.25) is 14.4 Å². The van der Waals surface area contributed by atoms with E-state index in [0.29, 0.717) is 19.5 Å². The summed E-state index contributed by atoms with van der Waals surface area (Å²) in [7, 11) is 0. The van der Waals surface area contributed by atoms with Crippen LogP contribution in [0.15, 0.2) is 72.8 Å². The molecule has 4 aliphatic rings. The number of aryl methyl sites for hydroxylation is 2. The Kier molecular flexibility index (Phi) is 7.31. The van der Waals surface area contributed by atoms with Crippen molar-refractivity contribution >= 4 is 29.1 Å². The maximum atomic E-state index is 14.8. The van der Waals surface area contributed by atoms with Gasteiger partial charge in [-0.05, 0) is 43.0 Å². The Balaban J connectivity index is 1.50. The molecule has 220 valence electrons. The second-order valence-electron chi connectivity index (χ2n) is 12.0. The molecule has 7 atom stereocenters. The fraction of sp³-hybridized carbons (Fsp3) is 0.441. The van der Waals surface area contributed by atoms with Crippen molar-refractivity contribution in [1.29, 1.82) is 0 Å². The number of aliphatic hydroxyl groups excluding tert-OH is 1. The van der Waals surface area contributed by atoms with Gasteiger partial charge in [-0.1, -0.05) is 81.0 Å². The van der Waals surface area contributed by atoms with Crippen LogP contribution >= 0.6 is 0 Å². The number of carbonyl (C=O) groups is 3. The maximum absolute atomic E-state index is 14.8. The first kappa shape index (κ1) is 28.4. The van der Waals surface area contributed by atoms with E-state index in [0.717, 1.165) is 22.5 Å². The highest BCUT2D eigenvalue weighted by Gasteiger charge is 2.72. The van der Waals surface area contributed by atoms with Gasteiger partial charge in [0.15, 0.2) is 0 Å². The van der Waals surface area contributed by atoms with Crippen LogP contribution in [0, 0.1) is 31.6 Å². The van der Waals surface area contributed by atoms with Crippen LogP contribution in [0.25, 0.3) is 0 Å². The lowest BCUT2D eigenvalue weighted by molar-refractivity contribution is -0.145. The van der Waals surface area contributed by atoms with E-state index in [1.807, 2.05) is 101 Å². The molecule has 0 radical (unpaired) electrons. The molecule has 1 unspecified atom stereocenters. The van der Waals surface area contributed by atoms with Gasteiger partial charge in [0.2, 0.25) is 11.8 Å². The SMILES string of the molecule is CC[C@H](C)[C@H](CO)N1C(=O)[C@@H]2[C@@H]3C(=O)N(c4ccccc4)CC=C[C@@H]3O[C@@]23C=CCN(c2c(C)cccc2C)C(=O)C13. The Hall–Kier alpha value is -3.75. The summed E-state index contributed by atoms with van der Waals surface area (Å²) in [5.41, 5.74) is 2.11. The predicted octanol–water partition coefficient (Wildman–Crippen LogP) is 3.80. The van der Waals surface area contributed by atoms with Gasteiger partial charge in [-0.15, -0.1) is 0 Å². The average Bonchev–Trinajstić information content (AvgIpc) is 3.30. The van der Waals surface area contributed by atoms with Gasteiger partial charge in [-0.2, -0.15) is 0 Å². The molecule has 3 amide bonds. The molecule has 2 aromatic carbocycles. The Labute approximate surface area is 247 Å². The van der Waals surface area contributed by atoms with Gasteiger partial charge >= 0.3 is 0 Å². The highest BCUT2D eigenvalue weighted by Crippen LogP contribution is 2.55. The molecule has 2 fully saturated rings. The zero-order valence-electron chi connectivity index (χ0n) is 24.6. The number of amides is 3. The topological polar surface area (TPSA) is 90.4 Å². The number of fused-ring (bicyclic) bond motifs is 2. The molecule has 1 N–H and O–H groups in total. The van der Waals surface area contributed by atoms with Crippen LogP contribution in [0.2, 0.25) is 0 Å². The third-order valence-corrected chi connectivity index (χ3v) is 9.72. The van der Waals surface area contributed by atoms with Crippen molar-refractivity contribution in [2.24, 2.45) is 17.8 Å². The van der Waals surface area contributed by atoms with E-state index < -0.39 is 35.6 Å². The van der Waals surface area contributed by atoms with Crippen LogP contribution < -0.4 is 9.80 Å². The summed E-state index contributed by atoms with van der Waals surface area (Å²) >= 11 is 0. The molecule has 1 spiro atoms. The number of rotatable bonds is 6. The third kappa shape index (κ3) is 4.14. The van der Waals surface area contributed by atoms with Crippen LogP contribution in [-0.4, -0.2) is 71.2 Å². The molecule has 2 aromatic rings. The standard InChI is InChI=1S/C34H39N3O5/c1-5-21(2)25(20-38)37-30-33(41)36(29-22(3)12-9-13-23(29)4)19-11-17-34(30)28(32(37)40)27-26(42-34)16-10-18-35(31(27)39)24-14-7-6-8-15-24/h6-17,21,25-28,30,38H,5,18-20H2,1-4H3/t21-,25-,26-,27+,28-,30?,34-/m0/s1. The number of ether oxygens (including phenoxy) is 1. The molecule has 8 nitrogen and oxygen atoms in total. The molecular weight excluding hydrogens is 530 g/mol. The summed E-state index contributed by atoms with van der Waals surface area (Å²) in [5.74, 6) is -2.58. The van der Waals surface area contributed by atoms with E-state index in [4.69, 9.17) is 4.74 Å². The summed E-state index contributed by atoms with van der Waals surface area (Å²) in [6.07, 6.45) is 7.59. The van der Waals surface area contributed by atoms with Crippen LogP contribution in [0.4, 0.5) is 11.4 Å². The molecule has 42 heavy (non-hydrogen) atoms. The van der Waals surface area contributed by atoms with Crippen molar-refractivity contribution in [2.45, 2.75) is 57.9 Å². The fourth-order valence-corrected chi connectivity index (χ4v) is 7.52. The van der Waals surface area contributed by atoms with E-state index in [9.17, 15) is 19.5 Å². The van der Waals surface area contributed by atoms with Gasteiger partial charge in [0.05, 0.1) is 30.6 Å². The zero-order valence-corrected chi connectivity index (χ0v) is 24.6. The van der Waals surface area contributed by atoms with Crippen molar-refractivity contribution < 1.29 is 24.2 Å². The van der Waals surface area contributed by atoms with E-state index in [2.05, 4.69) is 0 Å². The van der Waals surface area contributed by atoms with Crippen LogP contribution in [0.3, 0.4) is 0 Å². The fourth-order valence-electron chi connectivity index (χ4n) is 7.52. The van der Waals surface area contributed by atoms with Crippen molar-refractivity contribution in [3.63, 3.8) is 0 Å². The smallest absolute Gasteiger partial charge is 0.253 e. The minimum Gasteiger partial charge on any atom is -0.394 e. The average molecular weight is 570 g/mol. The molecular formula is C34H39N3O5. The van der Waals surface area contributed by atoms with E-state index in [1.54, 1.807) is 14.7 Å². The van der Waals surface area contributed by atoms with Crippen LogP contribution in [0.5, 0.6) is 0 Å². The number of hydrogen-bond acceptors (Lipinski definition) is 5. The molecule has 2 saturated heterocycles. The quantitative estimate of drug-likeness (QED) is 0.535. The number of hydrogen-bond donors (Lipinski definition) is 1. The molecule has 4 heterocycles. The van der Waals surface area contributed by atoms with E-state index in [1.165, 1.54) is 0 Å². The van der Waals surface area contributed by atoms with Crippen LogP contribution in [0.1, 0.15) is 31.4 Å². The van der Waals surface area contributed by atoms with Crippen molar-refractivity contribution in [2.75, 3.05) is 29.5 Å². The largest absolute Gasteiger partial charge is 0.394 e. The van der Waals surface area contributed by atoms with Gasteiger partial charge in [0.1, 0.15) is 11.6 Å². The van der Waals surface area contributed by atoms with Gasteiger partial charge in [0, 0.05) is 24.5 Å². The number of carbonyl (C=O) groups excluding carboxylic acids is 3. The van der Waals surface area contributed by atoms with E-state index >= 15 is 0 Å². The van der Waals surface area contributed by atoms with Crippen molar-refractivity contribution in [3.8, 4) is 0 Å². The number of benzene rings is 2.